The Morgan fingerprint density at radius 3 is 2.45 bits per heavy atom. The van der Waals surface area contributed by atoms with Crippen molar-refractivity contribution >= 4 is 17.6 Å². The maximum atomic E-state index is 10.5. The van der Waals surface area contributed by atoms with Crippen molar-refractivity contribution in [1.29, 1.82) is 0 Å². The van der Waals surface area contributed by atoms with E-state index < -0.39 is 6.09 Å². The number of carboxylic acid groups (broad SMARTS) is 1. The van der Waals surface area contributed by atoms with Gasteiger partial charge in [-0.2, -0.15) is 9.61 Å². The predicted molar refractivity (Wildman–Crippen MR) is 175 cm³/mol. The van der Waals surface area contributed by atoms with Gasteiger partial charge >= 0.3 is 6.09 Å². The third kappa shape index (κ3) is 7.95. The second-order valence-corrected chi connectivity index (χ2v) is 11.2. The molecule has 2 aromatic heterocycles. The van der Waals surface area contributed by atoms with Gasteiger partial charge in [-0.05, 0) is 37.5 Å². The average molecular weight is 595 g/mol. The lowest BCUT2D eigenvalue weighted by atomic mass is 10.1. The summed E-state index contributed by atoms with van der Waals surface area (Å²) in [6.45, 7) is 6.92. The number of aryl methyl sites for hydroxylation is 1. The quantitative estimate of drug-likeness (QED) is 0.148. The minimum absolute atomic E-state index is 0.176. The first-order chi connectivity index (χ1) is 21.5. The van der Waals surface area contributed by atoms with Crippen LogP contribution in [0.5, 0.6) is 0 Å². The van der Waals surface area contributed by atoms with Gasteiger partial charge in [0.1, 0.15) is 5.82 Å². The van der Waals surface area contributed by atoms with Crippen LogP contribution in [0.25, 0.3) is 28.0 Å². The van der Waals surface area contributed by atoms with Crippen LogP contribution in [-0.2, 0) is 0 Å². The topological polar surface area (TPSA) is 106 Å². The van der Waals surface area contributed by atoms with Crippen molar-refractivity contribution in [2.24, 2.45) is 0 Å². The number of nitrogens with zero attached hydrogens (tertiary/aromatic N) is 5. The molecule has 1 aliphatic rings. The maximum absolute atomic E-state index is 10.5. The number of β-amino-alcohol motifs (C(OH)–C–C–N with tert-alkyl or cyclic N) is 1. The number of aliphatic hydroxyl groups excluding tert-OH is 1. The number of unbranched alkanes of at least 4 members (excludes halogenated alkanes) is 5. The van der Waals surface area contributed by atoms with E-state index >= 15 is 0 Å². The number of anilines is 1. The van der Waals surface area contributed by atoms with E-state index in [9.17, 15) is 9.90 Å². The number of benzene rings is 2. The van der Waals surface area contributed by atoms with E-state index in [2.05, 4.69) is 57.3 Å². The molecule has 0 radical (unpaired) electrons. The summed E-state index contributed by atoms with van der Waals surface area (Å²) in [4.78, 5) is 20.4. The van der Waals surface area contributed by atoms with Gasteiger partial charge in [0.05, 0.1) is 18.0 Å². The highest BCUT2D eigenvalue weighted by molar-refractivity contribution is 5.83. The molecule has 0 aliphatic carbocycles. The third-order valence-corrected chi connectivity index (χ3v) is 8.07. The van der Waals surface area contributed by atoms with Crippen LogP contribution >= 0.6 is 0 Å². The maximum Gasteiger partial charge on any atom is 0.404 e. The molecule has 9 heteroatoms. The van der Waals surface area contributed by atoms with Crippen molar-refractivity contribution in [3.63, 3.8) is 0 Å². The molecule has 0 atom stereocenters. The van der Waals surface area contributed by atoms with Crippen LogP contribution in [0.15, 0.2) is 60.7 Å². The highest BCUT2D eigenvalue weighted by atomic mass is 16.4. The molecule has 1 aliphatic heterocycles. The van der Waals surface area contributed by atoms with Crippen molar-refractivity contribution in [2.75, 3.05) is 50.8 Å². The van der Waals surface area contributed by atoms with Gasteiger partial charge in [0.2, 0.25) is 0 Å². The first-order valence-corrected chi connectivity index (χ1v) is 15.6. The van der Waals surface area contributed by atoms with E-state index in [4.69, 9.17) is 15.2 Å². The first kappa shape index (κ1) is 31.0. The summed E-state index contributed by atoms with van der Waals surface area (Å²) in [5, 5.41) is 25.4. The lowest BCUT2D eigenvalue weighted by Crippen LogP contribution is -2.47. The van der Waals surface area contributed by atoms with Gasteiger partial charge in [0.15, 0.2) is 5.65 Å². The second kappa shape index (κ2) is 15.4. The lowest BCUT2D eigenvalue weighted by Gasteiger charge is -2.35. The molecule has 0 saturated carbocycles. The van der Waals surface area contributed by atoms with Crippen LogP contribution in [0.2, 0.25) is 0 Å². The summed E-state index contributed by atoms with van der Waals surface area (Å²) in [5.74, 6) is 7.70. The molecule has 0 unspecified atom stereocenters. The van der Waals surface area contributed by atoms with E-state index in [1.165, 1.54) is 0 Å². The fraction of sp³-hybridized carbons (Fsp3) is 0.400. The zero-order chi connectivity index (χ0) is 30.7. The molecule has 4 aromatic rings. The molecule has 1 amide bonds. The van der Waals surface area contributed by atoms with Crippen LogP contribution in [0, 0.1) is 18.8 Å². The molecule has 5 rings (SSSR count). The number of piperazine rings is 1. The summed E-state index contributed by atoms with van der Waals surface area (Å²) in [6.07, 6.45) is 5.00. The number of nitrogens with one attached hydrogen (secondary N) is 1. The Morgan fingerprint density at radius 2 is 1.68 bits per heavy atom. The van der Waals surface area contributed by atoms with E-state index in [-0.39, 0.29) is 6.61 Å². The van der Waals surface area contributed by atoms with Gasteiger partial charge in [0, 0.05) is 68.4 Å². The number of hydrogen-bond acceptors (Lipinski definition) is 6. The van der Waals surface area contributed by atoms with E-state index in [1.807, 2.05) is 41.8 Å². The Labute approximate surface area is 259 Å². The van der Waals surface area contributed by atoms with Crippen molar-refractivity contribution in [3.05, 3.63) is 71.9 Å². The monoisotopic (exact) mass is 594 g/mol. The molecule has 9 nitrogen and oxygen atoms in total. The molecular weight excluding hydrogens is 552 g/mol. The smallest absolute Gasteiger partial charge is 0.404 e. The highest BCUT2D eigenvalue weighted by Crippen LogP contribution is 2.33. The van der Waals surface area contributed by atoms with Crippen molar-refractivity contribution in [2.45, 2.75) is 45.4 Å². The Hall–Kier alpha value is -4.39. The fourth-order valence-electron chi connectivity index (χ4n) is 5.75. The van der Waals surface area contributed by atoms with Crippen LogP contribution in [0.3, 0.4) is 0 Å². The Kier molecular flexibility index (Phi) is 10.8. The number of amides is 1. The summed E-state index contributed by atoms with van der Waals surface area (Å²) >= 11 is 0. The van der Waals surface area contributed by atoms with E-state index in [1.54, 1.807) is 0 Å². The third-order valence-electron chi connectivity index (χ3n) is 8.07. The van der Waals surface area contributed by atoms with Gasteiger partial charge in [0.25, 0.3) is 0 Å². The number of carbonyl (C=O) groups is 1. The summed E-state index contributed by atoms with van der Waals surface area (Å²) in [6, 6.07) is 20.8. The van der Waals surface area contributed by atoms with Crippen LogP contribution in [0.1, 0.15) is 49.8 Å². The van der Waals surface area contributed by atoms with Gasteiger partial charge in [-0.15, -0.1) is 0 Å². The van der Waals surface area contributed by atoms with Crippen molar-refractivity contribution in [3.8, 4) is 34.2 Å². The van der Waals surface area contributed by atoms with E-state index in [0.717, 1.165) is 110 Å². The zero-order valence-corrected chi connectivity index (χ0v) is 25.5. The molecule has 230 valence electrons. The summed E-state index contributed by atoms with van der Waals surface area (Å²) in [5.41, 5.74) is 6.81. The summed E-state index contributed by atoms with van der Waals surface area (Å²) in [7, 11) is 0. The van der Waals surface area contributed by atoms with Gasteiger partial charge in [-0.3, -0.25) is 4.90 Å². The summed E-state index contributed by atoms with van der Waals surface area (Å²) < 4.78 is 2.00. The van der Waals surface area contributed by atoms with Gasteiger partial charge in [-0.25, -0.2) is 9.78 Å². The second-order valence-electron chi connectivity index (χ2n) is 11.2. The van der Waals surface area contributed by atoms with Crippen LogP contribution < -0.4 is 10.2 Å². The predicted octanol–water partition coefficient (Wildman–Crippen LogP) is 5.45. The number of hydrogen-bond donors (Lipinski definition) is 3. The van der Waals surface area contributed by atoms with E-state index in [0.29, 0.717) is 13.1 Å². The average Bonchev–Trinajstić information content (AvgIpc) is 3.38. The largest absolute Gasteiger partial charge is 0.465 e. The van der Waals surface area contributed by atoms with Gasteiger partial charge < -0.3 is 20.4 Å². The zero-order valence-electron chi connectivity index (χ0n) is 25.5. The van der Waals surface area contributed by atoms with Crippen molar-refractivity contribution < 1.29 is 15.0 Å². The molecule has 0 bridgehead atoms. The minimum atomic E-state index is -0.955. The lowest BCUT2D eigenvalue weighted by molar-refractivity contribution is 0.188. The Bertz CT molecular complexity index is 1600. The van der Waals surface area contributed by atoms with Crippen LogP contribution in [-0.4, -0.2) is 81.7 Å². The minimum Gasteiger partial charge on any atom is -0.465 e. The molecular formula is C35H42N6O3. The molecule has 1 fully saturated rings. The SMILES string of the molecule is Cc1nn2c(N3CCN(CCO)CC3)cc(-c3cccc(C#CCCCCCCCNC(=O)O)c3)nc2c1-c1ccccc1. The number of aromatic nitrogens is 3. The molecule has 3 heterocycles. The molecule has 1 saturated heterocycles. The first-order valence-electron chi connectivity index (χ1n) is 15.6. The number of aliphatic hydroxyl groups is 1. The van der Waals surface area contributed by atoms with Crippen molar-refractivity contribution in [1.82, 2.24) is 24.8 Å². The Balaban J connectivity index is 1.36. The Morgan fingerprint density at radius 1 is 0.932 bits per heavy atom. The number of fused-ring (bicyclic) bond motifs is 1. The fourth-order valence-corrected chi connectivity index (χ4v) is 5.75. The molecule has 2 aromatic carbocycles. The highest BCUT2D eigenvalue weighted by Gasteiger charge is 2.23. The molecule has 0 spiro atoms. The normalized spacial score (nSPS) is 13.5. The molecule has 3 N–H and O–H groups in total. The standard InChI is InChI=1S/C35H42N6O3/c1-27-33(29-15-9-7-10-16-29)34-37-31(26-32(41(34)38-27)40-21-19-39(20-22-40)23-24-42)30-17-12-14-28(25-30)13-8-5-3-2-4-6-11-18-36-35(43)44/h7,9-10,12,14-17,25-26,36,42H,2-6,11,18-24H2,1H3,(H,43,44). The number of rotatable bonds is 12. The van der Waals surface area contributed by atoms with Crippen LogP contribution in [0.4, 0.5) is 10.6 Å². The van der Waals surface area contributed by atoms with Gasteiger partial charge in [-0.1, -0.05) is 73.6 Å². The molecule has 44 heavy (non-hydrogen) atoms.